The summed E-state index contributed by atoms with van der Waals surface area (Å²) in [4.78, 5) is 26.6. The van der Waals surface area contributed by atoms with Crippen molar-refractivity contribution < 1.29 is 9.59 Å². The molecule has 148 valence electrons. The number of rotatable bonds is 5. The minimum Gasteiger partial charge on any atom is -0.348 e. The van der Waals surface area contributed by atoms with Crippen LogP contribution in [-0.2, 0) is 16.1 Å². The van der Waals surface area contributed by atoms with Gasteiger partial charge in [-0.25, -0.2) is 4.68 Å². The minimum atomic E-state index is -0.214. The van der Waals surface area contributed by atoms with Crippen molar-refractivity contribution in [1.82, 2.24) is 15.1 Å². The summed E-state index contributed by atoms with van der Waals surface area (Å²) in [5.41, 5.74) is 2.60. The molecule has 1 aliphatic heterocycles. The number of fused-ring (bicyclic) bond motifs is 1. The Labute approximate surface area is 174 Å². The Morgan fingerprint density at radius 2 is 1.97 bits per heavy atom. The molecule has 0 bridgehead atoms. The highest BCUT2D eigenvalue weighted by atomic mass is 35.5. The van der Waals surface area contributed by atoms with Gasteiger partial charge in [0.15, 0.2) is 0 Å². The van der Waals surface area contributed by atoms with E-state index in [1.807, 2.05) is 61.5 Å². The molecule has 29 heavy (non-hydrogen) atoms. The van der Waals surface area contributed by atoms with Crippen molar-refractivity contribution in [2.45, 2.75) is 25.9 Å². The highest BCUT2D eigenvalue weighted by Crippen LogP contribution is 2.29. The number of nitrogens with zero attached hydrogens (tertiary/aromatic N) is 3. The number of nitrogens with one attached hydrogen (secondary N) is 1. The summed E-state index contributed by atoms with van der Waals surface area (Å²) in [7, 11) is 0. The molecule has 1 aromatic heterocycles. The fourth-order valence-corrected chi connectivity index (χ4v) is 3.66. The Hall–Kier alpha value is -3.12. The van der Waals surface area contributed by atoms with E-state index in [-0.39, 0.29) is 24.4 Å². The Morgan fingerprint density at radius 1 is 1.17 bits per heavy atom. The molecular weight excluding hydrogens is 388 g/mol. The molecule has 4 rings (SSSR count). The summed E-state index contributed by atoms with van der Waals surface area (Å²) in [6, 6.07) is 18.8. The van der Waals surface area contributed by atoms with Gasteiger partial charge in [-0.15, -0.1) is 0 Å². The second-order valence-electron chi connectivity index (χ2n) is 7.05. The van der Waals surface area contributed by atoms with Gasteiger partial charge in [-0.3, -0.25) is 14.5 Å². The molecule has 2 aromatic carbocycles. The Balaban J connectivity index is 1.53. The third kappa shape index (κ3) is 4.17. The molecule has 1 aliphatic rings. The number of amides is 2. The molecule has 2 amide bonds. The standard InChI is InChI=1S/C22H21ClN4O2/c1-15(16-6-3-2-4-7-16)24-20(28)14-26-21-13-19(17-8-5-9-18(23)12-17)25-27(21)11-10-22(26)29/h2-9,12-13,15H,10-11,14H2,1H3,(H,24,28). The summed E-state index contributed by atoms with van der Waals surface area (Å²) in [5, 5.41) is 8.18. The number of hydrogen-bond acceptors (Lipinski definition) is 3. The third-order valence-corrected chi connectivity index (χ3v) is 5.21. The van der Waals surface area contributed by atoms with E-state index in [0.29, 0.717) is 23.8 Å². The van der Waals surface area contributed by atoms with E-state index < -0.39 is 0 Å². The van der Waals surface area contributed by atoms with Gasteiger partial charge in [0.1, 0.15) is 12.4 Å². The highest BCUT2D eigenvalue weighted by molar-refractivity contribution is 6.30. The number of anilines is 1. The molecule has 0 fully saturated rings. The molecular formula is C22H21ClN4O2. The van der Waals surface area contributed by atoms with Crippen LogP contribution in [0.4, 0.5) is 5.82 Å². The van der Waals surface area contributed by atoms with Crippen LogP contribution in [0.25, 0.3) is 11.3 Å². The van der Waals surface area contributed by atoms with E-state index >= 15 is 0 Å². The second-order valence-corrected chi connectivity index (χ2v) is 7.49. The smallest absolute Gasteiger partial charge is 0.240 e. The predicted molar refractivity (Wildman–Crippen MR) is 113 cm³/mol. The molecule has 2 heterocycles. The van der Waals surface area contributed by atoms with Gasteiger partial charge in [0.25, 0.3) is 0 Å². The average Bonchev–Trinajstić information content (AvgIpc) is 3.15. The summed E-state index contributed by atoms with van der Waals surface area (Å²) in [6.45, 7) is 2.37. The summed E-state index contributed by atoms with van der Waals surface area (Å²) in [5.74, 6) is 0.324. The summed E-state index contributed by atoms with van der Waals surface area (Å²) in [6.07, 6.45) is 0.311. The lowest BCUT2D eigenvalue weighted by atomic mass is 10.1. The molecule has 6 nitrogen and oxygen atoms in total. The van der Waals surface area contributed by atoms with E-state index in [9.17, 15) is 9.59 Å². The van der Waals surface area contributed by atoms with Crippen molar-refractivity contribution >= 4 is 29.2 Å². The van der Waals surface area contributed by atoms with Crippen LogP contribution in [0.3, 0.4) is 0 Å². The molecule has 7 heteroatoms. The van der Waals surface area contributed by atoms with Gasteiger partial charge >= 0.3 is 0 Å². The first kappa shape index (κ1) is 19.2. The number of aromatic nitrogens is 2. The van der Waals surface area contributed by atoms with Gasteiger partial charge in [0.05, 0.1) is 18.3 Å². The van der Waals surface area contributed by atoms with Crippen LogP contribution in [-0.4, -0.2) is 28.1 Å². The lowest BCUT2D eigenvalue weighted by Gasteiger charge is -2.27. The van der Waals surface area contributed by atoms with Crippen LogP contribution < -0.4 is 10.2 Å². The molecule has 0 saturated carbocycles. The number of benzene rings is 2. The van der Waals surface area contributed by atoms with Gasteiger partial charge in [-0.05, 0) is 24.6 Å². The normalized spacial score (nSPS) is 14.4. The van der Waals surface area contributed by atoms with Crippen molar-refractivity contribution in [2.24, 2.45) is 0 Å². The first-order chi connectivity index (χ1) is 14.0. The third-order valence-electron chi connectivity index (χ3n) is 4.97. The number of carbonyl (C=O) groups is 2. The maximum atomic E-state index is 12.6. The highest BCUT2D eigenvalue weighted by Gasteiger charge is 2.28. The zero-order valence-corrected chi connectivity index (χ0v) is 16.8. The maximum Gasteiger partial charge on any atom is 0.240 e. The van der Waals surface area contributed by atoms with Gasteiger partial charge in [-0.1, -0.05) is 54.1 Å². The van der Waals surface area contributed by atoms with Crippen molar-refractivity contribution in [3.63, 3.8) is 0 Å². The Kier molecular flexibility index (Phi) is 5.36. The van der Waals surface area contributed by atoms with Crippen molar-refractivity contribution in [1.29, 1.82) is 0 Å². The lowest BCUT2D eigenvalue weighted by Crippen LogP contribution is -2.44. The SMILES string of the molecule is CC(NC(=O)CN1C(=O)CCn2nc(-c3cccc(Cl)c3)cc21)c1ccccc1. The molecule has 3 aromatic rings. The molecule has 0 spiro atoms. The molecule has 0 saturated heterocycles. The van der Waals surface area contributed by atoms with Crippen LogP contribution in [0.5, 0.6) is 0 Å². The van der Waals surface area contributed by atoms with E-state index in [4.69, 9.17) is 11.6 Å². The van der Waals surface area contributed by atoms with Crippen LogP contribution in [0, 0.1) is 0 Å². The summed E-state index contributed by atoms with van der Waals surface area (Å²) >= 11 is 6.09. The molecule has 0 aliphatic carbocycles. The number of hydrogen-bond donors (Lipinski definition) is 1. The van der Waals surface area contributed by atoms with Gasteiger partial charge in [-0.2, -0.15) is 5.10 Å². The predicted octanol–water partition coefficient (Wildman–Crippen LogP) is 3.82. The topological polar surface area (TPSA) is 67.2 Å². The van der Waals surface area contributed by atoms with Crippen molar-refractivity contribution in [2.75, 3.05) is 11.4 Å². The number of carbonyl (C=O) groups excluding carboxylic acids is 2. The molecule has 1 N–H and O–H groups in total. The maximum absolute atomic E-state index is 12.6. The minimum absolute atomic E-state index is 0.0450. The fourth-order valence-electron chi connectivity index (χ4n) is 3.47. The zero-order valence-electron chi connectivity index (χ0n) is 16.0. The zero-order chi connectivity index (χ0) is 20.4. The van der Waals surface area contributed by atoms with Crippen molar-refractivity contribution in [3.05, 3.63) is 71.2 Å². The van der Waals surface area contributed by atoms with Crippen molar-refractivity contribution in [3.8, 4) is 11.3 Å². The van der Waals surface area contributed by atoms with Crippen LogP contribution >= 0.6 is 11.6 Å². The Morgan fingerprint density at radius 3 is 2.72 bits per heavy atom. The lowest BCUT2D eigenvalue weighted by molar-refractivity contribution is -0.124. The molecule has 1 atom stereocenters. The monoisotopic (exact) mass is 408 g/mol. The van der Waals surface area contributed by atoms with Gasteiger partial charge in [0, 0.05) is 23.1 Å². The number of aryl methyl sites for hydroxylation is 1. The largest absolute Gasteiger partial charge is 0.348 e. The van der Waals surface area contributed by atoms with E-state index in [2.05, 4.69) is 10.4 Å². The van der Waals surface area contributed by atoms with Crippen LogP contribution in [0.2, 0.25) is 5.02 Å². The molecule has 1 unspecified atom stereocenters. The van der Waals surface area contributed by atoms with E-state index in [1.54, 1.807) is 10.7 Å². The Bertz CT molecular complexity index is 1050. The first-order valence-electron chi connectivity index (χ1n) is 9.50. The summed E-state index contributed by atoms with van der Waals surface area (Å²) < 4.78 is 1.77. The first-order valence-corrected chi connectivity index (χ1v) is 9.87. The van der Waals surface area contributed by atoms with E-state index in [1.165, 1.54) is 4.90 Å². The quantitative estimate of drug-likeness (QED) is 0.697. The van der Waals surface area contributed by atoms with Gasteiger partial charge < -0.3 is 5.32 Å². The number of halogens is 1. The van der Waals surface area contributed by atoms with Gasteiger partial charge in [0.2, 0.25) is 11.8 Å². The van der Waals surface area contributed by atoms with Crippen LogP contribution in [0.15, 0.2) is 60.7 Å². The average molecular weight is 409 g/mol. The van der Waals surface area contributed by atoms with Crippen LogP contribution in [0.1, 0.15) is 24.9 Å². The fraction of sp³-hybridized carbons (Fsp3) is 0.227. The van der Waals surface area contributed by atoms with E-state index in [0.717, 1.165) is 16.8 Å². The second kappa shape index (κ2) is 8.09. The molecule has 0 radical (unpaired) electrons.